The Kier molecular flexibility index (Phi) is 8.49. The number of hydrogen-bond acceptors (Lipinski definition) is 4. The molecule has 0 bridgehead atoms. The number of methoxy groups -OCH3 is 1. The molecule has 0 heterocycles. The number of benzene rings is 2. The number of carbonyl (C=O) groups is 2. The zero-order valence-electron chi connectivity index (χ0n) is 16.7. The third kappa shape index (κ3) is 6.09. The molecule has 2 aromatic carbocycles. The first kappa shape index (κ1) is 21.4. The van der Waals surface area contributed by atoms with Crippen LogP contribution in [0.3, 0.4) is 0 Å². The highest BCUT2D eigenvalue weighted by atomic mass is 16.5. The van der Waals surface area contributed by atoms with Gasteiger partial charge in [-0.05, 0) is 43.5 Å². The first-order valence-electron chi connectivity index (χ1n) is 9.48. The first-order chi connectivity index (χ1) is 13.6. The molecule has 0 spiro atoms. The number of hydrogen-bond donors (Lipinski definition) is 2. The van der Waals surface area contributed by atoms with E-state index in [1.807, 2.05) is 31.2 Å². The van der Waals surface area contributed by atoms with Gasteiger partial charge in [-0.3, -0.25) is 9.59 Å². The third-order valence-corrected chi connectivity index (χ3v) is 4.27. The maximum absolute atomic E-state index is 12.6. The molecule has 0 aliphatic heterocycles. The van der Waals surface area contributed by atoms with E-state index >= 15 is 0 Å². The molecule has 6 heteroatoms. The fraction of sp³-hybridized carbons (Fsp3) is 0.364. The fourth-order valence-electron chi connectivity index (χ4n) is 2.69. The second-order valence-corrected chi connectivity index (χ2v) is 6.36. The average molecular weight is 384 g/mol. The Morgan fingerprint density at radius 3 is 2.54 bits per heavy atom. The number of nitrogens with one attached hydrogen (secondary N) is 2. The lowest BCUT2D eigenvalue weighted by Crippen LogP contribution is -2.32. The largest absolute Gasteiger partial charge is 0.481 e. The standard InChI is InChI=1S/C22H28N2O4/c1-4-17-10-5-8-13-20(17)28-16(2)21(25)24-19-12-7-6-11-18(19)22(26)23-14-9-15-27-3/h5-8,10-13,16H,4,9,14-15H2,1-3H3,(H,23,26)(H,24,25)/t16-/m1/s1. The maximum Gasteiger partial charge on any atom is 0.265 e. The van der Waals surface area contributed by atoms with Gasteiger partial charge in [0.1, 0.15) is 5.75 Å². The van der Waals surface area contributed by atoms with Crippen LogP contribution in [-0.2, 0) is 16.0 Å². The van der Waals surface area contributed by atoms with E-state index in [0.29, 0.717) is 30.2 Å². The van der Waals surface area contributed by atoms with Gasteiger partial charge in [0, 0.05) is 20.3 Å². The van der Waals surface area contributed by atoms with Crippen molar-refractivity contribution in [2.24, 2.45) is 0 Å². The van der Waals surface area contributed by atoms with Gasteiger partial charge in [0.15, 0.2) is 6.10 Å². The number of para-hydroxylation sites is 2. The summed E-state index contributed by atoms with van der Waals surface area (Å²) >= 11 is 0. The van der Waals surface area contributed by atoms with Crippen molar-refractivity contribution >= 4 is 17.5 Å². The van der Waals surface area contributed by atoms with Gasteiger partial charge in [0.25, 0.3) is 11.8 Å². The van der Waals surface area contributed by atoms with Crippen molar-refractivity contribution in [2.45, 2.75) is 32.8 Å². The van der Waals surface area contributed by atoms with E-state index in [0.717, 1.165) is 18.4 Å². The van der Waals surface area contributed by atoms with Crippen LogP contribution in [-0.4, -0.2) is 38.2 Å². The summed E-state index contributed by atoms with van der Waals surface area (Å²) in [7, 11) is 1.62. The number of rotatable bonds is 10. The molecule has 0 aliphatic carbocycles. The zero-order chi connectivity index (χ0) is 20.4. The monoisotopic (exact) mass is 384 g/mol. The molecule has 150 valence electrons. The minimum Gasteiger partial charge on any atom is -0.481 e. The summed E-state index contributed by atoms with van der Waals surface area (Å²) < 4.78 is 10.8. The fourth-order valence-corrected chi connectivity index (χ4v) is 2.69. The Labute approximate surface area is 166 Å². The van der Waals surface area contributed by atoms with Gasteiger partial charge in [-0.15, -0.1) is 0 Å². The zero-order valence-corrected chi connectivity index (χ0v) is 16.7. The molecule has 2 rings (SSSR count). The van der Waals surface area contributed by atoms with E-state index in [1.165, 1.54) is 0 Å². The van der Waals surface area contributed by atoms with Gasteiger partial charge in [-0.2, -0.15) is 0 Å². The van der Waals surface area contributed by atoms with Gasteiger partial charge < -0.3 is 20.1 Å². The van der Waals surface area contributed by atoms with Gasteiger partial charge in [0.05, 0.1) is 11.3 Å². The predicted molar refractivity (Wildman–Crippen MR) is 110 cm³/mol. The summed E-state index contributed by atoms with van der Waals surface area (Å²) in [4.78, 5) is 25.0. The van der Waals surface area contributed by atoms with Crippen LogP contribution in [0.2, 0.25) is 0 Å². The topological polar surface area (TPSA) is 76.7 Å². The number of carbonyl (C=O) groups excluding carboxylic acids is 2. The molecule has 2 aromatic rings. The van der Waals surface area contributed by atoms with Crippen molar-refractivity contribution < 1.29 is 19.1 Å². The van der Waals surface area contributed by atoms with Crippen molar-refractivity contribution in [1.82, 2.24) is 5.32 Å². The van der Waals surface area contributed by atoms with Crippen LogP contribution in [0.1, 0.15) is 36.2 Å². The molecule has 2 N–H and O–H groups in total. The van der Waals surface area contributed by atoms with Crippen LogP contribution in [0, 0.1) is 0 Å². The lowest BCUT2D eigenvalue weighted by molar-refractivity contribution is -0.122. The van der Waals surface area contributed by atoms with Crippen molar-refractivity contribution in [2.75, 3.05) is 25.6 Å². The number of amides is 2. The molecule has 1 atom stereocenters. The van der Waals surface area contributed by atoms with Gasteiger partial charge >= 0.3 is 0 Å². The van der Waals surface area contributed by atoms with Crippen LogP contribution in [0.25, 0.3) is 0 Å². The Balaban J connectivity index is 2.02. The normalized spacial score (nSPS) is 11.5. The van der Waals surface area contributed by atoms with E-state index in [9.17, 15) is 9.59 Å². The van der Waals surface area contributed by atoms with E-state index in [2.05, 4.69) is 10.6 Å². The highest BCUT2D eigenvalue weighted by Gasteiger charge is 2.19. The Hall–Kier alpha value is -2.86. The number of ether oxygens (including phenoxy) is 2. The molecule has 0 saturated heterocycles. The van der Waals surface area contributed by atoms with Crippen LogP contribution in [0.15, 0.2) is 48.5 Å². The minimum absolute atomic E-state index is 0.239. The van der Waals surface area contributed by atoms with E-state index in [4.69, 9.17) is 9.47 Å². The quantitative estimate of drug-likeness (QED) is 0.616. The van der Waals surface area contributed by atoms with Crippen molar-refractivity contribution in [1.29, 1.82) is 0 Å². The van der Waals surface area contributed by atoms with Crippen LogP contribution in [0.5, 0.6) is 5.75 Å². The molecule has 28 heavy (non-hydrogen) atoms. The van der Waals surface area contributed by atoms with Crippen molar-refractivity contribution in [3.63, 3.8) is 0 Å². The van der Waals surface area contributed by atoms with Gasteiger partial charge in [-0.25, -0.2) is 0 Å². The van der Waals surface area contributed by atoms with Gasteiger partial charge in [-0.1, -0.05) is 37.3 Å². The highest BCUT2D eigenvalue weighted by Crippen LogP contribution is 2.21. The number of aryl methyl sites for hydroxylation is 1. The second-order valence-electron chi connectivity index (χ2n) is 6.36. The van der Waals surface area contributed by atoms with E-state index < -0.39 is 6.10 Å². The third-order valence-electron chi connectivity index (χ3n) is 4.27. The summed E-state index contributed by atoms with van der Waals surface area (Å²) in [6.45, 7) is 4.80. The summed E-state index contributed by atoms with van der Waals surface area (Å²) in [6.07, 6.45) is 0.834. The Morgan fingerprint density at radius 1 is 1.07 bits per heavy atom. The average Bonchev–Trinajstić information content (AvgIpc) is 2.71. The Bertz CT molecular complexity index is 792. The maximum atomic E-state index is 12.6. The highest BCUT2D eigenvalue weighted by molar-refractivity contribution is 6.04. The molecule has 0 saturated carbocycles. The van der Waals surface area contributed by atoms with Crippen LogP contribution < -0.4 is 15.4 Å². The number of anilines is 1. The summed E-state index contributed by atoms with van der Waals surface area (Å²) in [5.41, 5.74) is 1.91. The molecule has 0 fully saturated rings. The minimum atomic E-state index is -0.703. The molecule has 0 unspecified atom stereocenters. The summed E-state index contributed by atoms with van der Waals surface area (Å²) in [6, 6.07) is 14.6. The second kappa shape index (κ2) is 11.1. The van der Waals surface area contributed by atoms with E-state index in [-0.39, 0.29) is 11.8 Å². The first-order valence-corrected chi connectivity index (χ1v) is 9.48. The molecular formula is C22H28N2O4. The smallest absolute Gasteiger partial charge is 0.265 e. The molecule has 0 aromatic heterocycles. The van der Waals surface area contributed by atoms with Crippen molar-refractivity contribution in [3.8, 4) is 5.75 Å². The summed E-state index contributed by atoms with van der Waals surface area (Å²) in [5, 5.41) is 5.63. The Morgan fingerprint density at radius 2 is 1.79 bits per heavy atom. The molecule has 2 amide bonds. The molecule has 6 nitrogen and oxygen atoms in total. The lowest BCUT2D eigenvalue weighted by atomic mass is 10.1. The van der Waals surface area contributed by atoms with Crippen molar-refractivity contribution in [3.05, 3.63) is 59.7 Å². The lowest BCUT2D eigenvalue weighted by Gasteiger charge is -2.18. The van der Waals surface area contributed by atoms with Crippen LogP contribution >= 0.6 is 0 Å². The van der Waals surface area contributed by atoms with Crippen LogP contribution in [0.4, 0.5) is 5.69 Å². The SMILES string of the molecule is CCc1ccccc1O[C@H](C)C(=O)Nc1ccccc1C(=O)NCCCOC. The predicted octanol–water partition coefficient (Wildman–Crippen LogP) is 3.42. The van der Waals surface area contributed by atoms with Gasteiger partial charge in [0.2, 0.25) is 0 Å². The molecular weight excluding hydrogens is 356 g/mol. The summed E-state index contributed by atoms with van der Waals surface area (Å²) in [5.74, 6) is 0.138. The molecule has 0 aliphatic rings. The van der Waals surface area contributed by atoms with E-state index in [1.54, 1.807) is 38.3 Å². The molecule has 0 radical (unpaired) electrons.